The fourth-order valence-electron chi connectivity index (χ4n) is 5.23. The molecule has 1 amide bonds. The summed E-state index contributed by atoms with van der Waals surface area (Å²) in [6.07, 6.45) is 1.26. The van der Waals surface area contributed by atoms with Crippen LogP contribution in [0.1, 0.15) is 31.4 Å². The van der Waals surface area contributed by atoms with Gasteiger partial charge in [0.15, 0.2) is 0 Å². The lowest BCUT2D eigenvalue weighted by molar-refractivity contribution is -0.135. The number of ether oxygens (including phenoxy) is 1. The summed E-state index contributed by atoms with van der Waals surface area (Å²) in [6.45, 7) is 3.60. The first-order valence-electron chi connectivity index (χ1n) is 12.7. The summed E-state index contributed by atoms with van der Waals surface area (Å²) in [5.74, 6) is -0.219. The van der Waals surface area contributed by atoms with Gasteiger partial charge in [-0.15, -0.1) is 0 Å². The molecule has 2 atom stereocenters. The Balaban J connectivity index is 1.49. The molecule has 1 aliphatic heterocycles. The zero-order valence-electron chi connectivity index (χ0n) is 21.9. The molecule has 2 N–H and O–H groups in total. The predicted molar refractivity (Wildman–Crippen MR) is 146 cm³/mol. The summed E-state index contributed by atoms with van der Waals surface area (Å²) >= 11 is 0. The van der Waals surface area contributed by atoms with Crippen LogP contribution in [0.3, 0.4) is 0 Å². The van der Waals surface area contributed by atoms with Gasteiger partial charge in [0.05, 0.1) is 12.0 Å². The van der Waals surface area contributed by atoms with Gasteiger partial charge in [-0.05, 0) is 79.7 Å². The Morgan fingerprint density at radius 2 is 1.53 bits per heavy atom. The van der Waals surface area contributed by atoms with Gasteiger partial charge in [-0.25, -0.2) is 13.9 Å². The van der Waals surface area contributed by atoms with Gasteiger partial charge < -0.3 is 4.74 Å². The van der Waals surface area contributed by atoms with Gasteiger partial charge >= 0.3 is 0 Å². The molecule has 3 aromatic carbocycles. The minimum Gasteiger partial charge on any atom is -0.497 e. The zero-order chi connectivity index (χ0) is 27.3. The van der Waals surface area contributed by atoms with E-state index in [1.54, 1.807) is 36.9 Å². The second kappa shape index (κ2) is 12.1. The Morgan fingerprint density at radius 3 is 2.05 bits per heavy atom. The van der Waals surface area contributed by atoms with E-state index < -0.39 is 22.0 Å². The molecule has 1 heterocycles. The molecule has 9 heteroatoms. The third-order valence-corrected chi connectivity index (χ3v) is 9.43. The lowest BCUT2D eigenvalue weighted by atomic mass is 9.88. The van der Waals surface area contributed by atoms with E-state index in [0.717, 1.165) is 34.3 Å². The number of carbonyl (C=O) groups is 1. The smallest absolute Gasteiger partial charge is 0.262 e. The summed E-state index contributed by atoms with van der Waals surface area (Å²) in [7, 11) is -0.988. The Hall–Kier alpha value is -3.24. The lowest BCUT2D eigenvalue weighted by Crippen LogP contribution is -2.53. The van der Waals surface area contributed by atoms with Gasteiger partial charge in [-0.3, -0.25) is 14.9 Å². The standard InChI is InChI=1S/C29H35N3O5S/c1-21(22-7-5-4-6-8-22)32-19-17-25(18-20-32)28(29(33)30-34)31(2)38(35,36)27-15-11-24(12-16-27)23-9-13-26(37-3)14-10-23/h4-16,21,25,28,34H,17-20H2,1-3H3,(H,30,33). The molecular formula is C29H35N3O5S. The molecule has 0 spiro atoms. The topological polar surface area (TPSA) is 99.2 Å². The molecule has 8 nitrogen and oxygen atoms in total. The van der Waals surface area contributed by atoms with Gasteiger partial charge in [0.25, 0.3) is 5.91 Å². The van der Waals surface area contributed by atoms with Gasteiger partial charge in [0, 0.05) is 13.1 Å². The van der Waals surface area contributed by atoms with E-state index in [9.17, 15) is 18.4 Å². The van der Waals surface area contributed by atoms with Crippen molar-refractivity contribution in [1.82, 2.24) is 14.7 Å². The molecule has 2 unspecified atom stereocenters. The van der Waals surface area contributed by atoms with Crippen molar-refractivity contribution >= 4 is 15.9 Å². The molecule has 38 heavy (non-hydrogen) atoms. The van der Waals surface area contributed by atoms with Gasteiger partial charge in [0.2, 0.25) is 10.0 Å². The van der Waals surface area contributed by atoms with Crippen molar-refractivity contribution in [2.24, 2.45) is 5.92 Å². The minimum absolute atomic E-state index is 0.0862. The lowest BCUT2D eigenvalue weighted by Gasteiger charge is -2.40. The van der Waals surface area contributed by atoms with E-state index in [-0.39, 0.29) is 16.9 Å². The van der Waals surface area contributed by atoms with Gasteiger partial charge in [-0.1, -0.05) is 54.6 Å². The average Bonchev–Trinajstić information content (AvgIpc) is 2.97. The highest BCUT2D eigenvalue weighted by Crippen LogP contribution is 2.32. The number of nitrogens with one attached hydrogen (secondary N) is 1. The Kier molecular flexibility index (Phi) is 8.83. The van der Waals surface area contributed by atoms with Crippen LogP contribution in [0.25, 0.3) is 11.1 Å². The molecule has 1 saturated heterocycles. The summed E-state index contributed by atoms with van der Waals surface area (Å²) in [4.78, 5) is 15.2. The highest BCUT2D eigenvalue weighted by molar-refractivity contribution is 7.89. The van der Waals surface area contributed by atoms with Crippen molar-refractivity contribution in [3.05, 3.63) is 84.4 Å². The maximum Gasteiger partial charge on any atom is 0.262 e. The summed E-state index contributed by atoms with van der Waals surface area (Å²) in [6, 6.07) is 23.5. The van der Waals surface area contributed by atoms with Crippen LogP contribution in [0.5, 0.6) is 5.75 Å². The minimum atomic E-state index is -4.00. The van der Waals surface area contributed by atoms with Crippen molar-refractivity contribution < 1.29 is 23.2 Å². The number of likely N-dealkylation sites (tertiary alicyclic amines) is 1. The van der Waals surface area contributed by atoms with Gasteiger partial charge in [-0.2, -0.15) is 4.31 Å². The Morgan fingerprint density at radius 1 is 0.974 bits per heavy atom. The number of rotatable bonds is 9. The van der Waals surface area contributed by atoms with E-state index >= 15 is 0 Å². The van der Waals surface area contributed by atoms with E-state index in [1.807, 2.05) is 42.5 Å². The fraction of sp³-hybridized carbons (Fsp3) is 0.345. The van der Waals surface area contributed by atoms with Crippen LogP contribution in [0, 0.1) is 5.92 Å². The van der Waals surface area contributed by atoms with Crippen LogP contribution in [-0.4, -0.2) is 62.0 Å². The predicted octanol–water partition coefficient (Wildman–Crippen LogP) is 4.33. The third kappa shape index (κ3) is 5.91. The molecule has 0 radical (unpaired) electrons. The number of methoxy groups -OCH3 is 1. The Bertz CT molecular complexity index is 1310. The van der Waals surface area contributed by atoms with Crippen LogP contribution in [0.4, 0.5) is 0 Å². The molecule has 0 aliphatic carbocycles. The second-order valence-corrected chi connectivity index (χ2v) is 11.7. The van der Waals surface area contributed by atoms with Crippen molar-refractivity contribution in [2.75, 3.05) is 27.2 Å². The van der Waals surface area contributed by atoms with Crippen LogP contribution in [0.2, 0.25) is 0 Å². The highest BCUT2D eigenvalue weighted by Gasteiger charge is 2.40. The van der Waals surface area contributed by atoms with E-state index in [1.165, 1.54) is 12.6 Å². The highest BCUT2D eigenvalue weighted by atomic mass is 32.2. The SMILES string of the molecule is COc1ccc(-c2ccc(S(=O)(=O)N(C)C(C(=O)NO)C3CCN(C(C)c4ccccc4)CC3)cc2)cc1. The first-order valence-corrected chi connectivity index (χ1v) is 14.2. The van der Waals surface area contributed by atoms with Gasteiger partial charge in [0.1, 0.15) is 11.8 Å². The number of hydrogen-bond acceptors (Lipinski definition) is 6. The molecule has 202 valence electrons. The molecule has 4 rings (SSSR count). The van der Waals surface area contributed by atoms with Crippen molar-refractivity contribution in [2.45, 2.75) is 36.7 Å². The molecule has 0 bridgehead atoms. The number of hydrogen-bond donors (Lipinski definition) is 2. The largest absolute Gasteiger partial charge is 0.497 e. The molecule has 1 aliphatic rings. The monoisotopic (exact) mass is 537 g/mol. The van der Waals surface area contributed by atoms with Crippen molar-refractivity contribution in [3.8, 4) is 16.9 Å². The van der Waals surface area contributed by atoms with Crippen LogP contribution in [0.15, 0.2) is 83.8 Å². The number of likely N-dealkylation sites (N-methyl/N-ethyl adjacent to an activating group) is 1. The first kappa shape index (κ1) is 27.8. The molecule has 1 fully saturated rings. The fourth-order valence-corrected chi connectivity index (χ4v) is 6.61. The van der Waals surface area contributed by atoms with E-state index in [4.69, 9.17) is 4.74 Å². The molecule has 0 saturated carbocycles. The second-order valence-electron chi connectivity index (χ2n) is 9.66. The summed E-state index contributed by atoms with van der Waals surface area (Å²) in [5.41, 5.74) is 4.70. The Labute approximate surface area is 224 Å². The first-order chi connectivity index (χ1) is 18.3. The van der Waals surface area contributed by atoms with Crippen molar-refractivity contribution in [3.63, 3.8) is 0 Å². The number of hydroxylamine groups is 1. The maximum absolute atomic E-state index is 13.6. The van der Waals surface area contributed by atoms with E-state index in [2.05, 4.69) is 24.0 Å². The molecule has 3 aromatic rings. The third-order valence-electron chi connectivity index (χ3n) is 7.58. The number of carbonyl (C=O) groups excluding carboxylic acids is 1. The average molecular weight is 538 g/mol. The summed E-state index contributed by atoms with van der Waals surface area (Å²) < 4.78 is 33.4. The number of sulfonamides is 1. The van der Waals surface area contributed by atoms with Crippen LogP contribution >= 0.6 is 0 Å². The molecule has 0 aromatic heterocycles. The summed E-state index contributed by atoms with van der Waals surface area (Å²) in [5, 5.41) is 9.47. The van der Waals surface area contributed by atoms with Crippen LogP contribution in [-0.2, 0) is 14.8 Å². The van der Waals surface area contributed by atoms with Crippen LogP contribution < -0.4 is 10.2 Å². The number of amides is 1. The zero-order valence-corrected chi connectivity index (χ0v) is 22.8. The number of benzene rings is 3. The normalized spacial score (nSPS) is 16.7. The van der Waals surface area contributed by atoms with E-state index in [0.29, 0.717) is 12.8 Å². The van der Waals surface area contributed by atoms with Crippen molar-refractivity contribution in [1.29, 1.82) is 0 Å². The molecular weight excluding hydrogens is 502 g/mol. The quantitative estimate of drug-likeness (QED) is 0.311. The number of piperidine rings is 1. The number of nitrogens with zero attached hydrogens (tertiary/aromatic N) is 2. The maximum atomic E-state index is 13.6.